The van der Waals surface area contributed by atoms with Crippen molar-refractivity contribution in [3.63, 3.8) is 0 Å². The van der Waals surface area contributed by atoms with Crippen LogP contribution in [0.2, 0.25) is 5.02 Å². The molecule has 4 rings (SSSR count). The van der Waals surface area contributed by atoms with Crippen molar-refractivity contribution in [3.05, 3.63) is 95.3 Å². The smallest absolute Gasteiger partial charge is 0.303 e. The van der Waals surface area contributed by atoms with Crippen LogP contribution in [0.5, 0.6) is 0 Å². The number of carboxylic acids is 1. The Morgan fingerprint density at radius 1 is 1.08 bits per heavy atom. The Labute approximate surface area is 223 Å². The Morgan fingerprint density at radius 2 is 1.73 bits per heavy atom. The number of rotatable bonds is 9. The third-order valence-electron chi connectivity index (χ3n) is 5.97. The number of benzene rings is 2. The normalized spacial score (nSPS) is 16.7. The van der Waals surface area contributed by atoms with Crippen molar-refractivity contribution in [2.75, 3.05) is 19.6 Å². The minimum Gasteiger partial charge on any atom is -0.481 e. The van der Waals surface area contributed by atoms with Gasteiger partial charge in [0.25, 0.3) is 0 Å². The Bertz CT molecular complexity index is 1200. The van der Waals surface area contributed by atoms with Crippen molar-refractivity contribution >= 4 is 33.2 Å². The van der Waals surface area contributed by atoms with E-state index in [1.54, 1.807) is 36.5 Å². The number of aromatic nitrogens is 1. The fraction of sp³-hybridized carbons (Fsp3) is 0.321. The van der Waals surface area contributed by atoms with Gasteiger partial charge in [-0.15, -0.1) is 0 Å². The quantitative estimate of drug-likeness (QED) is 0.348. The first-order valence-electron chi connectivity index (χ1n) is 12.1. The van der Waals surface area contributed by atoms with Gasteiger partial charge in [0.15, 0.2) is 0 Å². The van der Waals surface area contributed by atoms with Crippen LogP contribution < -0.4 is 0 Å². The van der Waals surface area contributed by atoms with Gasteiger partial charge in [-0.2, -0.15) is 0 Å². The van der Waals surface area contributed by atoms with Crippen molar-refractivity contribution in [1.82, 2.24) is 9.88 Å². The summed E-state index contributed by atoms with van der Waals surface area (Å²) < 4.78 is 26.2. The van der Waals surface area contributed by atoms with Gasteiger partial charge >= 0.3 is 5.97 Å². The molecule has 2 N–H and O–H groups in total. The molecule has 0 radical (unpaired) electrons. The SMILES string of the molecule is C=S(=O)(O)c1ccccc1.O=C(O)CCCN1CCC(O[C@@H](c2ccc(Cl)cc2)c2ccccn2)CC1. The number of halogens is 1. The van der Waals surface area contributed by atoms with Gasteiger partial charge in [-0.1, -0.05) is 48.0 Å². The van der Waals surface area contributed by atoms with Gasteiger partial charge in [-0.05, 0) is 73.6 Å². The molecule has 0 aliphatic carbocycles. The third-order valence-corrected chi connectivity index (χ3v) is 7.23. The number of pyridine rings is 1. The van der Waals surface area contributed by atoms with Gasteiger partial charge in [-0.25, -0.2) is 4.21 Å². The summed E-state index contributed by atoms with van der Waals surface area (Å²) in [7, 11) is -3.00. The van der Waals surface area contributed by atoms with Gasteiger partial charge in [0.05, 0.1) is 16.7 Å². The number of carboxylic acid groups (broad SMARTS) is 1. The summed E-state index contributed by atoms with van der Waals surface area (Å²) in [4.78, 5) is 17.8. The summed E-state index contributed by atoms with van der Waals surface area (Å²) in [5, 5.41) is 9.47. The Kier molecular flexibility index (Phi) is 11.1. The molecule has 1 aliphatic rings. The fourth-order valence-electron chi connectivity index (χ4n) is 4.04. The molecule has 2 heterocycles. The van der Waals surface area contributed by atoms with Crippen molar-refractivity contribution in [2.45, 2.75) is 42.8 Å². The maximum absolute atomic E-state index is 10.8. The molecule has 0 amide bonds. The molecule has 0 saturated carbocycles. The number of aliphatic carboxylic acids is 1. The van der Waals surface area contributed by atoms with Crippen LogP contribution in [-0.4, -0.2) is 61.3 Å². The second-order valence-corrected chi connectivity index (χ2v) is 11.0. The van der Waals surface area contributed by atoms with E-state index in [4.69, 9.17) is 26.0 Å². The lowest BCUT2D eigenvalue weighted by Crippen LogP contribution is -2.38. The van der Waals surface area contributed by atoms with Crippen molar-refractivity contribution in [3.8, 4) is 0 Å². The van der Waals surface area contributed by atoms with Gasteiger partial charge in [0, 0.05) is 30.7 Å². The maximum Gasteiger partial charge on any atom is 0.303 e. The van der Waals surface area contributed by atoms with E-state index < -0.39 is 15.8 Å². The number of nitrogens with zero attached hydrogens (tertiary/aromatic N) is 2. The number of hydrogen-bond acceptors (Lipinski definition) is 5. The van der Waals surface area contributed by atoms with E-state index in [-0.39, 0.29) is 18.6 Å². The summed E-state index contributed by atoms with van der Waals surface area (Å²) >= 11 is 6.03. The van der Waals surface area contributed by atoms with Gasteiger partial charge in [0.1, 0.15) is 15.9 Å². The number of likely N-dealkylation sites (tertiary alicyclic amines) is 1. The lowest BCUT2D eigenvalue weighted by Gasteiger charge is -2.34. The van der Waals surface area contributed by atoms with Gasteiger partial charge < -0.3 is 19.3 Å². The minimum atomic E-state index is -3.00. The van der Waals surface area contributed by atoms with Crippen LogP contribution in [0.4, 0.5) is 0 Å². The van der Waals surface area contributed by atoms with Crippen molar-refractivity contribution < 1.29 is 23.4 Å². The third kappa shape index (κ3) is 9.91. The first kappa shape index (κ1) is 28.8. The summed E-state index contributed by atoms with van der Waals surface area (Å²) in [6, 6.07) is 21.9. The van der Waals surface area contributed by atoms with Crippen LogP contribution in [0.25, 0.3) is 0 Å². The molecule has 9 heteroatoms. The Balaban J connectivity index is 0.000000319. The average Bonchev–Trinajstić information content (AvgIpc) is 2.89. The molecule has 7 nitrogen and oxygen atoms in total. The van der Waals surface area contributed by atoms with E-state index in [1.807, 2.05) is 42.5 Å². The highest BCUT2D eigenvalue weighted by Gasteiger charge is 2.25. The molecule has 0 bridgehead atoms. The zero-order valence-corrected chi connectivity index (χ0v) is 22.2. The molecule has 1 unspecified atom stereocenters. The summed E-state index contributed by atoms with van der Waals surface area (Å²) in [5.74, 6) is 2.40. The summed E-state index contributed by atoms with van der Waals surface area (Å²) in [6.45, 7) is 2.69. The van der Waals surface area contributed by atoms with Crippen LogP contribution in [-0.2, 0) is 19.3 Å². The topological polar surface area (TPSA) is 100.0 Å². The first-order valence-corrected chi connectivity index (χ1v) is 14.2. The predicted octanol–water partition coefficient (Wildman–Crippen LogP) is 5.41. The lowest BCUT2D eigenvalue weighted by atomic mass is 10.0. The van der Waals surface area contributed by atoms with E-state index >= 15 is 0 Å². The summed E-state index contributed by atoms with van der Waals surface area (Å²) in [5.41, 5.74) is 1.94. The monoisotopic (exact) mass is 544 g/mol. The van der Waals surface area contributed by atoms with Crippen molar-refractivity contribution in [2.24, 2.45) is 0 Å². The standard InChI is InChI=1S/C21H25ClN2O3.C7H8O2S/c22-17-8-6-16(7-9-17)21(19-4-1-2-12-23-19)27-18-10-14-24(15-11-18)13-3-5-20(25)26;1-10(8,9)7-5-3-2-4-6-7/h1-2,4,6-9,12,18,21H,3,5,10-11,13-15H2,(H,25,26);2-6H,1H2,(H,8,9)/t21-;/m0./s1. The molecule has 198 valence electrons. The molecule has 3 aromatic rings. The zero-order chi connectivity index (χ0) is 26.7. The van der Waals surface area contributed by atoms with E-state index in [9.17, 15) is 9.00 Å². The fourth-order valence-corrected chi connectivity index (χ4v) is 4.74. The number of carbonyl (C=O) groups is 1. The molecule has 1 saturated heterocycles. The molecular weight excluding hydrogens is 512 g/mol. The van der Waals surface area contributed by atoms with Gasteiger partial charge in [-0.3, -0.25) is 9.78 Å². The molecule has 1 aliphatic heterocycles. The molecule has 37 heavy (non-hydrogen) atoms. The molecule has 1 aromatic heterocycles. The highest BCUT2D eigenvalue weighted by Crippen LogP contribution is 2.29. The van der Waals surface area contributed by atoms with E-state index in [1.165, 1.54) is 0 Å². The van der Waals surface area contributed by atoms with E-state index in [0.29, 0.717) is 16.3 Å². The lowest BCUT2D eigenvalue weighted by molar-refractivity contribution is -0.137. The minimum absolute atomic E-state index is 0.156. The highest BCUT2D eigenvalue weighted by atomic mass is 35.5. The van der Waals surface area contributed by atoms with Gasteiger partial charge in [0.2, 0.25) is 0 Å². The second kappa shape index (κ2) is 14.3. The Hall–Kier alpha value is -2.75. The van der Waals surface area contributed by atoms with E-state index in [0.717, 1.165) is 43.7 Å². The molecule has 2 atom stereocenters. The Morgan fingerprint density at radius 3 is 2.27 bits per heavy atom. The van der Waals surface area contributed by atoms with E-state index in [2.05, 4.69) is 15.8 Å². The molecule has 0 spiro atoms. The zero-order valence-electron chi connectivity index (χ0n) is 20.6. The van der Waals surface area contributed by atoms with Crippen LogP contribution in [0.3, 0.4) is 0 Å². The average molecular weight is 545 g/mol. The predicted molar refractivity (Wildman–Crippen MR) is 148 cm³/mol. The molecule has 1 fully saturated rings. The summed E-state index contributed by atoms with van der Waals surface area (Å²) in [6.07, 6.45) is 4.52. The van der Waals surface area contributed by atoms with Crippen LogP contribution in [0.1, 0.15) is 43.0 Å². The number of ether oxygens (including phenoxy) is 1. The van der Waals surface area contributed by atoms with Crippen LogP contribution >= 0.6 is 11.6 Å². The second-order valence-electron chi connectivity index (χ2n) is 8.81. The first-order chi connectivity index (χ1) is 17.7. The number of hydrogen-bond donors (Lipinski definition) is 2. The van der Waals surface area contributed by atoms with Crippen LogP contribution in [0.15, 0.2) is 83.9 Å². The maximum atomic E-state index is 10.8. The number of piperidine rings is 1. The van der Waals surface area contributed by atoms with Crippen LogP contribution in [0, 0.1) is 0 Å². The molecule has 2 aromatic carbocycles. The molecular formula is C28H33ClN2O5S. The van der Waals surface area contributed by atoms with Crippen molar-refractivity contribution in [1.29, 1.82) is 0 Å². The highest BCUT2D eigenvalue weighted by molar-refractivity contribution is 7.95. The largest absolute Gasteiger partial charge is 0.481 e.